The van der Waals surface area contributed by atoms with E-state index in [2.05, 4.69) is 0 Å². The predicted molar refractivity (Wildman–Crippen MR) is 25.9 cm³/mol. The molecule has 0 N–H and O–H groups in total. The average molecular weight is 896 g/mol. The molecule has 0 bridgehead atoms. The summed E-state index contributed by atoms with van der Waals surface area (Å²) in [6, 6.07) is 0. The van der Waals surface area contributed by atoms with E-state index in [-0.39, 0.29) is 226 Å². The van der Waals surface area contributed by atoms with E-state index in [0.29, 0.717) is 0 Å². The van der Waals surface area contributed by atoms with E-state index in [0.717, 1.165) is 0 Å². The van der Waals surface area contributed by atoms with Gasteiger partial charge in [0.05, 0.1) is 0 Å². The Kier molecular flexibility index (Phi) is 350. The monoisotopic (exact) mass is 896 g/mol. The molecule has 0 aromatic rings. The zero-order chi connectivity index (χ0) is 0. The molecule has 8 heavy (non-hydrogen) atoms. The first kappa shape index (κ1) is 58.9. The minimum atomic E-state index is 0. The molecule has 0 saturated heterocycles. The number of halogens is 1. The van der Waals surface area contributed by atoms with Crippen LogP contribution in [0.4, 0.5) is 0 Å². The van der Waals surface area contributed by atoms with Gasteiger partial charge in [-0.2, -0.15) is 0 Å². The minimum absolute atomic E-state index is 0. The first-order valence-corrected chi connectivity index (χ1v) is 0. The summed E-state index contributed by atoms with van der Waals surface area (Å²) in [6.45, 7) is 0. The van der Waals surface area contributed by atoms with E-state index in [9.17, 15) is 0 Å². The van der Waals surface area contributed by atoms with Crippen molar-refractivity contribution in [2.45, 2.75) is 0 Å². The van der Waals surface area contributed by atoms with Crippen LogP contribution in [0.3, 0.4) is 0 Å². The molecular weight excluding hydrogens is 894 g/mol. The normalized spacial score (nSPS) is 0. The van der Waals surface area contributed by atoms with Crippen LogP contribution in [0.1, 0.15) is 0 Å². The fourth-order valence-electron chi connectivity index (χ4n) is 0. The van der Waals surface area contributed by atoms with Gasteiger partial charge in [-0.05, 0) is 0 Å². The molecule has 0 amide bonds. The third kappa shape index (κ3) is 37.8. The van der Waals surface area contributed by atoms with Gasteiger partial charge in [-0.15, -0.1) is 0 Å². The molecule has 0 nitrogen and oxygen atoms in total. The molecule has 0 spiro atoms. The summed E-state index contributed by atoms with van der Waals surface area (Å²) >= 11 is 0. The number of hydrogen-bond donors (Lipinski definition) is 0. The van der Waals surface area contributed by atoms with Gasteiger partial charge in [0.25, 0.3) is 0 Å². The van der Waals surface area contributed by atoms with Crippen LogP contribution in [0.2, 0.25) is 0 Å². The van der Waals surface area contributed by atoms with Crippen LogP contribution in [-0.4, -0.2) is 108 Å². The van der Waals surface area contributed by atoms with Crippen LogP contribution in [0.5, 0.6) is 0 Å². The standard InChI is InChI=1S/Cl.Cu.Fe.K.Na.Pb.Th.U.2H. The quantitative estimate of drug-likeness (QED) is 0.275. The molecule has 0 aliphatic carbocycles. The largest absolute Gasteiger partial charge is 0 e. The Morgan fingerprint density at radius 2 is 1.00 bits per heavy atom. The van der Waals surface area contributed by atoms with Crippen molar-refractivity contribution in [1.29, 1.82) is 0 Å². The molecule has 0 aliphatic rings. The zero-order valence-electron chi connectivity index (χ0n) is 2.53. The van der Waals surface area contributed by atoms with Crippen molar-refractivity contribution >= 4 is 121 Å². The van der Waals surface area contributed by atoms with Gasteiger partial charge in [0, 0.05) is 145 Å². The smallest absolute Gasteiger partial charge is 0 e. The van der Waals surface area contributed by atoms with Crippen molar-refractivity contribution < 1.29 is 105 Å². The van der Waals surface area contributed by atoms with Gasteiger partial charge in [-0.1, -0.05) is 0 Å². The number of hydrogen-bond acceptors (Lipinski definition) is 0. The maximum Gasteiger partial charge on any atom is 0 e. The molecular formula is H2ClCuFeKNaPbThU. The van der Waals surface area contributed by atoms with Crippen molar-refractivity contribution in [2.24, 2.45) is 0 Å². The van der Waals surface area contributed by atoms with Gasteiger partial charge in [0.15, 0.2) is 0 Å². The molecule has 0 atom stereocenters. The molecule has 0 fully saturated rings. The summed E-state index contributed by atoms with van der Waals surface area (Å²) in [5, 5.41) is 0. The molecule has 0 rings (SSSR count). The molecule has 0 aromatic carbocycles. The van der Waals surface area contributed by atoms with Crippen molar-refractivity contribution in [1.82, 2.24) is 0 Å². The third-order valence-electron chi connectivity index (χ3n) is 0. The summed E-state index contributed by atoms with van der Waals surface area (Å²) in [6.07, 6.45) is 0. The second-order valence-corrected chi connectivity index (χ2v) is 0. The van der Waals surface area contributed by atoms with Gasteiger partial charge >= 0.3 is 80.9 Å². The maximum atomic E-state index is 0. The van der Waals surface area contributed by atoms with Crippen LogP contribution in [0.15, 0.2) is 0 Å². The molecule has 42 valence electrons. The Morgan fingerprint density at radius 3 is 1.00 bits per heavy atom. The summed E-state index contributed by atoms with van der Waals surface area (Å²) in [5.74, 6) is 0. The van der Waals surface area contributed by atoms with Gasteiger partial charge in [0.1, 0.15) is 0 Å². The Hall–Kier alpha value is 7.26. The molecule has 0 aliphatic heterocycles. The summed E-state index contributed by atoms with van der Waals surface area (Å²) in [4.78, 5) is 0. The summed E-state index contributed by atoms with van der Waals surface area (Å²) in [5.41, 5.74) is 0. The van der Waals surface area contributed by atoms with Gasteiger partial charge in [-0.3, -0.25) is 0 Å². The fraction of sp³-hybridized carbons (Fsp3) is 0. The van der Waals surface area contributed by atoms with Crippen LogP contribution >= 0.6 is 12.4 Å². The van der Waals surface area contributed by atoms with Crippen molar-refractivity contribution in [3.63, 3.8) is 0 Å². The average Bonchev–Trinajstić information content (AvgIpc) is 0. The summed E-state index contributed by atoms with van der Waals surface area (Å²) in [7, 11) is 0. The van der Waals surface area contributed by atoms with Crippen molar-refractivity contribution in [3.8, 4) is 0 Å². The topological polar surface area (TPSA) is 0 Å². The fourth-order valence-corrected chi connectivity index (χ4v) is 0. The van der Waals surface area contributed by atoms with E-state index in [1.165, 1.54) is 0 Å². The van der Waals surface area contributed by atoms with E-state index in [4.69, 9.17) is 0 Å². The Labute approximate surface area is 218 Å². The molecule has 0 heterocycles. The first-order chi connectivity index (χ1) is 0. The Balaban J connectivity index is 0. The second-order valence-electron chi connectivity index (χ2n) is 0. The Morgan fingerprint density at radius 1 is 1.00 bits per heavy atom. The molecule has 0 unspecified atom stereocenters. The van der Waals surface area contributed by atoms with Crippen LogP contribution in [0, 0.1) is 71.1 Å². The predicted octanol–water partition coefficient (Wildman–Crippen LogP) is -0.993. The SMILES string of the molecule is [Cl].[Cu].[Fe].[KH].[NaH].[Pb].[Th].[U]. The molecule has 0 aromatic heterocycles. The van der Waals surface area contributed by atoms with Crippen LogP contribution in [-0.2, 0) is 34.1 Å². The van der Waals surface area contributed by atoms with E-state index < -0.39 is 0 Å². The molecule has 8 heteroatoms. The maximum absolute atomic E-state index is 0. The third-order valence-corrected chi connectivity index (χ3v) is 0. The van der Waals surface area contributed by atoms with E-state index >= 15 is 0 Å². The van der Waals surface area contributed by atoms with Crippen molar-refractivity contribution in [3.05, 3.63) is 0 Å². The Bertz CT molecular complexity index is 24.0. The van der Waals surface area contributed by atoms with Crippen LogP contribution in [0.25, 0.3) is 0 Å². The van der Waals surface area contributed by atoms with Gasteiger partial charge in [-0.25, -0.2) is 0 Å². The van der Waals surface area contributed by atoms with Crippen LogP contribution < -0.4 is 0 Å². The summed E-state index contributed by atoms with van der Waals surface area (Å²) < 4.78 is 0. The molecule has 0 saturated carbocycles. The zero-order valence-corrected chi connectivity index (χ0v) is 17.5. The molecule has 6 radical (unpaired) electrons. The van der Waals surface area contributed by atoms with Crippen molar-refractivity contribution in [2.75, 3.05) is 0 Å². The van der Waals surface area contributed by atoms with Gasteiger partial charge < -0.3 is 0 Å². The second kappa shape index (κ2) is 47.6. The number of rotatable bonds is 0. The first-order valence-electron chi connectivity index (χ1n) is 0. The minimum Gasteiger partial charge on any atom is 0 e. The van der Waals surface area contributed by atoms with Gasteiger partial charge in [0.2, 0.25) is 0 Å². The van der Waals surface area contributed by atoms with E-state index in [1.54, 1.807) is 0 Å². The van der Waals surface area contributed by atoms with E-state index in [1.807, 2.05) is 0 Å².